The predicted molar refractivity (Wildman–Crippen MR) is 128 cm³/mol. The van der Waals surface area contributed by atoms with E-state index in [1.54, 1.807) is 18.2 Å². The maximum atomic E-state index is 13.2. The summed E-state index contributed by atoms with van der Waals surface area (Å²) < 4.78 is 13.4. The van der Waals surface area contributed by atoms with Gasteiger partial charge in [-0.3, -0.25) is 18.7 Å². The Balaban J connectivity index is 1.70. The van der Waals surface area contributed by atoms with Crippen molar-refractivity contribution >= 4 is 38.4 Å². The van der Waals surface area contributed by atoms with Crippen LogP contribution in [0.15, 0.2) is 27.8 Å². The van der Waals surface area contributed by atoms with E-state index < -0.39 is 11.6 Å². The molecule has 0 saturated carbocycles. The van der Waals surface area contributed by atoms with Crippen LogP contribution in [0.4, 0.5) is 10.8 Å². The zero-order valence-electron chi connectivity index (χ0n) is 18.9. The standard InChI is InChI=1S/C22H27N5O5S/c1-4-9-26-20(29)18-19(24-21(33-18)25-10-5-6-11-25)27(22(26)30)13-17(28)23-14-7-8-15(31-2)16(12-14)32-3/h7-8,12H,4-6,9-11,13H2,1-3H3,(H,23,28). The van der Waals surface area contributed by atoms with Crippen molar-refractivity contribution in [3.8, 4) is 11.5 Å². The van der Waals surface area contributed by atoms with E-state index in [-0.39, 0.29) is 24.3 Å². The monoisotopic (exact) mass is 473 g/mol. The van der Waals surface area contributed by atoms with Crippen LogP contribution in [0.2, 0.25) is 0 Å². The zero-order valence-corrected chi connectivity index (χ0v) is 19.7. The molecule has 1 fully saturated rings. The lowest BCUT2D eigenvalue weighted by Crippen LogP contribution is -2.41. The number of carbonyl (C=O) groups is 1. The molecule has 0 atom stereocenters. The number of rotatable bonds is 8. The second kappa shape index (κ2) is 9.65. The number of fused-ring (bicyclic) bond motifs is 1. The molecule has 11 heteroatoms. The minimum Gasteiger partial charge on any atom is -0.493 e. The molecule has 3 heterocycles. The van der Waals surface area contributed by atoms with Gasteiger partial charge in [0, 0.05) is 31.4 Å². The summed E-state index contributed by atoms with van der Waals surface area (Å²) in [4.78, 5) is 45.8. The molecule has 0 bridgehead atoms. The maximum Gasteiger partial charge on any atom is 0.333 e. The summed E-state index contributed by atoms with van der Waals surface area (Å²) in [5.41, 5.74) is -0.127. The lowest BCUT2D eigenvalue weighted by atomic mass is 10.2. The van der Waals surface area contributed by atoms with E-state index in [4.69, 9.17) is 9.47 Å². The van der Waals surface area contributed by atoms with Gasteiger partial charge >= 0.3 is 5.69 Å². The highest BCUT2D eigenvalue weighted by Crippen LogP contribution is 2.30. The van der Waals surface area contributed by atoms with Crippen molar-refractivity contribution in [2.24, 2.45) is 0 Å². The third-order valence-corrected chi connectivity index (χ3v) is 6.64. The van der Waals surface area contributed by atoms with E-state index in [9.17, 15) is 14.4 Å². The molecule has 1 N–H and O–H groups in total. The van der Waals surface area contributed by atoms with Crippen LogP contribution >= 0.6 is 11.3 Å². The fourth-order valence-corrected chi connectivity index (χ4v) is 5.01. The molecular weight excluding hydrogens is 446 g/mol. The van der Waals surface area contributed by atoms with Crippen LogP contribution in [-0.4, -0.2) is 47.3 Å². The van der Waals surface area contributed by atoms with E-state index in [1.165, 1.54) is 34.7 Å². The smallest absolute Gasteiger partial charge is 0.333 e. The number of hydrogen-bond donors (Lipinski definition) is 1. The number of ether oxygens (including phenoxy) is 2. The van der Waals surface area contributed by atoms with Crippen LogP contribution in [0.1, 0.15) is 26.2 Å². The van der Waals surface area contributed by atoms with Crippen LogP contribution in [0.3, 0.4) is 0 Å². The Kier molecular flexibility index (Phi) is 6.68. The van der Waals surface area contributed by atoms with Gasteiger partial charge in [0.15, 0.2) is 22.3 Å². The number of amides is 1. The van der Waals surface area contributed by atoms with E-state index in [1.807, 2.05) is 6.92 Å². The second-order valence-electron chi connectivity index (χ2n) is 7.79. The summed E-state index contributed by atoms with van der Waals surface area (Å²) in [5.74, 6) is 0.598. The molecule has 3 aromatic rings. The van der Waals surface area contributed by atoms with Crippen molar-refractivity contribution in [3.05, 3.63) is 39.0 Å². The van der Waals surface area contributed by atoms with E-state index >= 15 is 0 Å². The van der Waals surface area contributed by atoms with Crippen LogP contribution in [0, 0.1) is 0 Å². The van der Waals surface area contributed by atoms with Crippen LogP contribution in [-0.2, 0) is 17.9 Å². The van der Waals surface area contributed by atoms with Gasteiger partial charge in [0.05, 0.1) is 14.2 Å². The number of nitrogens with zero attached hydrogens (tertiary/aromatic N) is 4. The molecule has 1 amide bonds. The summed E-state index contributed by atoms with van der Waals surface area (Å²) in [5, 5.41) is 3.49. The highest BCUT2D eigenvalue weighted by molar-refractivity contribution is 7.22. The number of carbonyl (C=O) groups excluding carboxylic acids is 1. The fourth-order valence-electron chi connectivity index (χ4n) is 3.93. The van der Waals surface area contributed by atoms with Gasteiger partial charge < -0.3 is 19.7 Å². The topological polar surface area (TPSA) is 108 Å². The number of methoxy groups -OCH3 is 2. The summed E-state index contributed by atoms with van der Waals surface area (Å²) in [7, 11) is 3.04. The van der Waals surface area contributed by atoms with Gasteiger partial charge in [-0.1, -0.05) is 18.3 Å². The molecule has 0 radical (unpaired) electrons. The SMILES string of the molecule is CCCn1c(=O)c2sc(N3CCCC3)nc2n(CC(=O)Nc2ccc(OC)c(OC)c2)c1=O. The Labute approximate surface area is 194 Å². The number of nitrogens with one attached hydrogen (secondary N) is 1. The minimum atomic E-state index is -0.532. The lowest BCUT2D eigenvalue weighted by Gasteiger charge is -2.13. The number of benzene rings is 1. The molecule has 1 aromatic carbocycles. The fraction of sp³-hybridized carbons (Fsp3) is 0.455. The van der Waals surface area contributed by atoms with Crippen molar-refractivity contribution in [3.63, 3.8) is 0 Å². The number of hydrogen-bond acceptors (Lipinski definition) is 8. The van der Waals surface area contributed by atoms with Gasteiger partial charge in [0.1, 0.15) is 11.2 Å². The third-order valence-electron chi connectivity index (χ3n) is 5.55. The molecular formula is C22H27N5O5S. The molecule has 1 aliphatic heterocycles. The first-order valence-corrected chi connectivity index (χ1v) is 11.7. The predicted octanol–water partition coefficient (Wildman–Crippen LogP) is 2.29. The van der Waals surface area contributed by atoms with Gasteiger partial charge in [-0.2, -0.15) is 0 Å². The molecule has 0 spiro atoms. The first kappa shape index (κ1) is 22.8. The average Bonchev–Trinajstić information content (AvgIpc) is 3.49. The van der Waals surface area contributed by atoms with Crippen LogP contribution in [0.25, 0.3) is 10.3 Å². The highest BCUT2D eigenvalue weighted by Gasteiger charge is 2.23. The molecule has 2 aromatic heterocycles. The summed E-state index contributed by atoms with van der Waals surface area (Å²) in [6.45, 7) is 3.64. The zero-order chi connectivity index (χ0) is 23.5. The van der Waals surface area contributed by atoms with Gasteiger partial charge in [-0.05, 0) is 31.4 Å². The van der Waals surface area contributed by atoms with Crippen molar-refractivity contribution in [1.82, 2.24) is 14.1 Å². The molecule has 0 unspecified atom stereocenters. The van der Waals surface area contributed by atoms with Gasteiger partial charge in [0.25, 0.3) is 5.56 Å². The largest absolute Gasteiger partial charge is 0.493 e. The summed E-state index contributed by atoms with van der Waals surface area (Å²) in [6.07, 6.45) is 2.75. The van der Waals surface area contributed by atoms with Crippen molar-refractivity contribution in [2.45, 2.75) is 39.3 Å². The molecule has 10 nitrogen and oxygen atoms in total. The first-order valence-electron chi connectivity index (χ1n) is 10.9. The van der Waals surface area contributed by atoms with Crippen LogP contribution in [0.5, 0.6) is 11.5 Å². The van der Waals surface area contributed by atoms with E-state index in [2.05, 4.69) is 15.2 Å². The van der Waals surface area contributed by atoms with Crippen molar-refractivity contribution in [1.29, 1.82) is 0 Å². The Bertz CT molecular complexity index is 1290. The summed E-state index contributed by atoms with van der Waals surface area (Å²) >= 11 is 1.28. The van der Waals surface area contributed by atoms with Crippen molar-refractivity contribution in [2.75, 3.05) is 37.5 Å². The van der Waals surface area contributed by atoms with Crippen LogP contribution < -0.4 is 30.9 Å². The Morgan fingerprint density at radius 2 is 1.85 bits per heavy atom. The van der Waals surface area contributed by atoms with Gasteiger partial charge in [-0.25, -0.2) is 9.78 Å². The molecule has 4 rings (SSSR count). The van der Waals surface area contributed by atoms with Gasteiger partial charge in [0.2, 0.25) is 5.91 Å². The summed E-state index contributed by atoms with van der Waals surface area (Å²) in [6, 6.07) is 5.01. The first-order chi connectivity index (χ1) is 16.0. The second-order valence-corrected chi connectivity index (χ2v) is 8.76. The van der Waals surface area contributed by atoms with Crippen molar-refractivity contribution < 1.29 is 14.3 Å². The Morgan fingerprint density at radius 1 is 1.12 bits per heavy atom. The molecule has 1 saturated heterocycles. The maximum absolute atomic E-state index is 13.2. The van der Waals surface area contributed by atoms with E-state index in [0.29, 0.717) is 33.4 Å². The molecule has 0 aliphatic carbocycles. The quantitative estimate of drug-likeness (QED) is 0.535. The normalized spacial score (nSPS) is 13.5. The number of aromatic nitrogens is 3. The minimum absolute atomic E-state index is 0.256. The third kappa shape index (κ3) is 4.45. The van der Waals surface area contributed by atoms with Gasteiger partial charge in [-0.15, -0.1) is 0 Å². The Morgan fingerprint density at radius 3 is 2.52 bits per heavy atom. The lowest BCUT2D eigenvalue weighted by molar-refractivity contribution is -0.116. The average molecular weight is 474 g/mol. The molecule has 1 aliphatic rings. The molecule has 33 heavy (non-hydrogen) atoms. The number of thiazole rings is 1. The highest BCUT2D eigenvalue weighted by atomic mass is 32.1. The van der Waals surface area contributed by atoms with E-state index in [0.717, 1.165) is 25.9 Å². The number of anilines is 2. The Hall–Kier alpha value is -3.34. The molecule has 176 valence electrons.